The number of carbonyl (C=O) groups is 2. The predicted octanol–water partition coefficient (Wildman–Crippen LogP) is 2.30. The SMILES string of the molecule is CCC1CCCCN1C(=O)NCCCCC(=O)OC. The van der Waals surface area contributed by atoms with E-state index >= 15 is 0 Å². The van der Waals surface area contributed by atoms with E-state index in [0.717, 1.165) is 38.6 Å². The number of ether oxygens (including phenoxy) is 1. The Balaban J connectivity index is 2.17. The summed E-state index contributed by atoms with van der Waals surface area (Å²) in [6.07, 6.45) is 6.46. The van der Waals surface area contributed by atoms with Gasteiger partial charge in [-0.25, -0.2) is 4.79 Å². The lowest BCUT2D eigenvalue weighted by Crippen LogP contribution is -2.48. The fourth-order valence-electron chi connectivity index (χ4n) is 2.49. The van der Waals surface area contributed by atoms with Crippen LogP contribution in [0.25, 0.3) is 0 Å². The van der Waals surface area contributed by atoms with Crippen molar-refractivity contribution in [2.24, 2.45) is 0 Å². The minimum absolute atomic E-state index is 0.0459. The number of piperidine rings is 1. The van der Waals surface area contributed by atoms with Crippen LogP contribution in [0, 0.1) is 0 Å². The van der Waals surface area contributed by atoms with Crippen LogP contribution in [-0.4, -0.2) is 43.1 Å². The minimum atomic E-state index is -0.187. The van der Waals surface area contributed by atoms with Crippen LogP contribution in [0.1, 0.15) is 51.9 Å². The van der Waals surface area contributed by atoms with Crippen molar-refractivity contribution in [3.8, 4) is 0 Å². The molecule has 1 heterocycles. The number of nitrogens with zero attached hydrogens (tertiary/aromatic N) is 1. The van der Waals surface area contributed by atoms with Gasteiger partial charge in [-0.15, -0.1) is 0 Å². The number of hydrogen-bond acceptors (Lipinski definition) is 3. The molecule has 2 amide bonds. The lowest BCUT2D eigenvalue weighted by Gasteiger charge is -2.35. The molecule has 19 heavy (non-hydrogen) atoms. The molecule has 1 aliphatic heterocycles. The van der Waals surface area contributed by atoms with E-state index in [0.29, 0.717) is 19.0 Å². The Kier molecular flexibility index (Phi) is 7.30. The Labute approximate surface area is 115 Å². The number of unbranched alkanes of at least 4 members (excludes halogenated alkanes) is 1. The van der Waals surface area contributed by atoms with Crippen LogP contribution < -0.4 is 5.32 Å². The van der Waals surface area contributed by atoms with Crippen molar-refractivity contribution in [1.29, 1.82) is 0 Å². The minimum Gasteiger partial charge on any atom is -0.469 e. The number of hydrogen-bond donors (Lipinski definition) is 1. The van der Waals surface area contributed by atoms with E-state index in [2.05, 4.69) is 17.0 Å². The van der Waals surface area contributed by atoms with Gasteiger partial charge in [0.1, 0.15) is 0 Å². The fraction of sp³-hybridized carbons (Fsp3) is 0.857. The van der Waals surface area contributed by atoms with Crippen molar-refractivity contribution in [2.75, 3.05) is 20.2 Å². The van der Waals surface area contributed by atoms with Crippen molar-refractivity contribution in [1.82, 2.24) is 10.2 Å². The molecule has 0 spiro atoms. The molecule has 0 aliphatic carbocycles. The van der Waals surface area contributed by atoms with Crippen LogP contribution in [-0.2, 0) is 9.53 Å². The molecule has 1 fully saturated rings. The maximum atomic E-state index is 12.0. The highest BCUT2D eigenvalue weighted by Crippen LogP contribution is 2.19. The molecule has 0 bridgehead atoms. The van der Waals surface area contributed by atoms with Crippen LogP contribution in [0.3, 0.4) is 0 Å². The van der Waals surface area contributed by atoms with Crippen molar-refractivity contribution in [2.45, 2.75) is 57.9 Å². The highest BCUT2D eigenvalue weighted by atomic mass is 16.5. The number of likely N-dealkylation sites (tertiary alicyclic amines) is 1. The lowest BCUT2D eigenvalue weighted by atomic mass is 10.0. The fourth-order valence-corrected chi connectivity index (χ4v) is 2.49. The molecule has 5 heteroatoms. The molecular formula is C14H26N2O3. The first kappa shape index (κ1) is 15.8. The summed E-state index contributed by atoms with van der Waals surface area (Å²) >= 11 is 0. The molecule has 0 aromatic rings. The molecular weight excluding hydrogens is 244 g/mol. The Morgan fingerprint density at radius 2 is 2.11 bits per heavy atom. The topological polar surface area (TPSA) is 58.6 Å². The molecule has 0 aromatic carbocycles. The van der Waals surface area contributed by atoms with Gasteiger partial charge in [0.25, 0.3) is 0 Å². The zero-order valence-corrected chi connectivity index (χ0v) is 12.1. The van der Waals surface area contributed by atoms with Crippen molar-refractivity contribution in [3.05, 3.63) is 0 Å². The molecule has 5 nitrogen and oxygen atoms in total. The molecule has 0 saturated carbocycles. The van der Waals surface area contributed by atoms with Gasteiger partial charge in [-0.2, -0.15) is 0 Å². The van der Waals surface area contributed by atoms with Crippen molar-refractivity contribution < 1.29 is 14.3 Å². The highest BCUT2D eigenvalue weighted by molar-refractivity contribution is 5.74. The number of nitrogens with one attached hydrogen (secondary N) is 1. The Bertz CT molecular complexity index is 294. The first-order valence-electron chi connectivity index (χ1n) is 7.30. The number of carbonyl (C=O) groups excluding carboxylic acids is 2. The van der Waals surface area contributed by atoms with Crippen LogP contribution in [0.5, 0.6) is 0 Å². The van der Waals surface area contributed by atoms with E-state index in [1.807, 2.05) is 4.90 Å². The summed E-state index contributed by atoms with van der Waals surface area (Å²) < 4.78 is 4.57. The molecule has 1 saturated heterocycles. The van der Waals surface area contributed by atoms with Gasteiger partial charge in [-0.05, 0) is 38.5 Å². The maximum Gasteiger partial charge on any atom is 0.317 e. The average Bonchev–Trinajstić information content (AvgIpc) is 2.46. The van der Waals surface area contributed by atoms with E-state index in [9.17, 15) is 9.59 Å². The first-order chi connectivity index (χ1) is 9.19. The van der Waals surface area contributed by atoms with Gasteiger partial charge in [0, 0.05) is 25.6 Å². The summed E-state index contributed by atoms with van der Waals surface area (Å²) in [6.45, 7) is 3.63. The second-order valence-electron chi connectivity index (χ2n) is 5.02. The van der Waals surface area contributed by atoms with E-state index in [1.54, 1.807) is 0 Å². The van der Waals surface area contributed by atoms with Crippen LogP contribution in [0.4, 0.5) is 4.79 Å². The van der Waals surface area contributed by atoms with Gasteiger partial charge in [-0.3, -0.25) is 4.79 Å². The number of urea groups is 1. The quantitative estimate of drug-likeness (QED) is 0.595. The summed E-state index contributed by atoms with van der Waals surface area (Å²) in [5, 5.41) is 2.94. The molecule has 0 radical (unpaired) electrons. The van der Waals surface area contributed by atoms with E-state index in [4.69, 9.17) is 0 Å². The number of rotatable bonds is 6. The van der Waals surface area contributed by atoms with E-state index < -0.39 is 0 Å². The predicted molar refractivity (Wildman–Crippen MR) is 73.9 cm³/mol. The van der Waals surface area contributed by atoms with Gasteiger partial charge in [0.2, 0.25) is 0 Å². The summed E-state index contributed by atoms with van der Waals surface area (Å²) in [7, 11) is 1.39. The third-order valence-electron chi connectivity index (χ3n) is 3.67. The summed E-state index contributed by atoms with van der Waals surface area (Å²) in [4.78, 5) is 24.9. The maximum absolute atomic E-state index is 12.0. The largest absolute Gasteiger partial charge is 0.469 e. The second-order valence-corrected chi connectivity index (χ2v) is 5.02. The zero-order chi connectivity index (χ0) is 14.1. The smallest absolute Gasteiger partial charge is 0.317 e. The molecule has 0 aromatic heterocycles. The standard InChI is InChI=1S/C14H26N2O3/c1-3-12-8-5-7-11-16(12)14(18)15-10-6-4-9-13(17)19-2/h12H,3-11H2,1-2H3,(H,15,18). The van der Waals surface area contributed by atoms with Crippen LogP contribution in [0.15, 0.2) is 0 Å². The zero-order valence-electron chi connectivity index (χ0n) is 12.1. The first-order valence-corrected chi connectivity index (χ1v) is 7.30. The molecule has 110 valence electrons. The van der Waals surface area contributed by atoms with Crippen LogP contribution in [0.2, 0.25) is 0 Å². The van der Waals surface area contributed by atoms with Crippen molar-refractivity contribution in [3.63, 3.8) is 0 Å². The molecule has 1 rings (SSSR count). The highest BCUT2D eigenvalue weighted by Gasteiger charge is 2.24. The summed E-state index contributed by atoms with van der Waals surface area (Å²) in [6, 6.07) is 0.438. The molecule has 1 N–H and O–H groups in total. The van der Waals surface area contributed by atoms with Gasteiger partial charge in [0.05, 0.1) is 7.11 Å². The number of esters is 1. The summed E-state index contributed by atoms with van der Waals surface area (Å²) in [5.41, 5.74) is 0. The monoisotopic (exact) mass is 270 g/mol. The molecule has 1 atom stereocenters. The van der Waals surface area contributed by atoms with E-state index in [-0.39, 0.29) is 12.0 Å². The Morgan fingerprint density at radius 1 is 1.32 bits per heavy atom. The van der Waals surface area contributed by atoms with E-state index in [1.165, 1.54) is 13.5 Å². The van der Waals surface area contributed by atoms with Crippen molar-refractivity contribution >= 4 is 12.0 Å². The molecule has 1 aliphatic rings. The molecule has 1 unspecified atom stereocenters. The summed E-state index contributed by atoms with van der Waals surface area (Å²) in [5.74, 6) is -0.187. The Morgan fingerprint density at radius 3 is 2.79 bits per heavy atom. The average molecular weight is 270 g/mol. The lowest BCUT2D eigenvalue weighted by molar-refractivity contribution is -0.140. The second kappa shape index (κ2) is 8.77. The van der Waals surface area contributed by atoms with Gasteiger partial charge >= 0.3 is 12.0 Å². The van der Waals surface area contributed by atoms with Crippen LogP contribution >= 0.6 is 0 Å². The van der Waals surface area contributed by atoms with Gasteiger partial charge in [0.15, 0.2) is 0 Å². The van der Waals surface area contributed by atoms with Gasteiger partial charge < -0.3 is 15.0 Å². The third-order valence-corrected chi connectivity index (χ3v) is 3.67. The van der Waals surface area contributed by atoms with Gasteiger partial charge in [-0.1, -0.05) is 6.92 Å². The number of amides is 2. The Hall–Kier alpha value is -1.26. The number of methoxy groups -OCH3 is 1. The normalized spacial score (nSPS) is 19.1. The third kappa shape index (κ3) is 5.49.